The molecule has 0 spiro atoms. The van der Waals surface area contributed by atoms with E-state index < -0.39 is 40.1 Å². The number of aromatic nitrogens is 6. The number of amides is 1. The first-order chi connectivity index (χ1) is 43.8. The number of carbonyl (C=O) groups is 1. The van der Waals surface area contributed by atoms with Gasteiger partial charge in [0, 0.05) is 187 Å². The molecule has 1 amide bonds. The Morgan fingerprint density at radius 1 is 0.570 bits per heavy atom. The van der Waals surface area contributed by atoms with Crippen molar-refractivity contribution in [1.29, 1.82) is 0 Å². The van der Waals surface area contributed by atoms with E-state index in [1.54, 1.807) is 23.2 Å². The number of H-pyrrole nitrogens is 4. The van der Waals surface area contributed by atoms with Crippen LogP contribution in [0.1, 0.15) is 94.7 Å². The fourth-order valence-electron chi connectivity index (χ4n) is 13.4. The van der Waals surface area contributed by atoms with Gasteiger partial charge in [0.05, 0.1) is 36.8 Å². The van der Waals surface area contributed by atoms with E-state index in [-0.39, 0.29) is 23.3 Å². The zero-order valence-corrected chi connectivity index (χ0v) is 58.8. The highest BCUT2D eigenvalue weighted by molar-refractivity contribution is 7.92. The van der Waals surface area contributed by atoms with E-state index in [4.69, 9.17) is 23.2 Å². The highest BCUT2D eigenvalue weighted by Crippen LogP contribution is 2.41. The quantitative estimate of drug-likeness (QED) is 0.0765. The molecule has 9 aromatic rings. The summed E-state index contributed by atoms with van der Waals surface area (Å²) in [7, 11) is -9.54. The number of rotatable bonds is 12. The molecule has 4 fully saturated rings. The molecule has 9 heterocycles. The first-order valence-electron chi connectivity index (χ1n) is 31.1. The summed E-state index contributed by atoms with van der Waals surface area (Å²) in [6, 6.07) is 26.4. The molecule has 0 bridgehead atoms. The van der Waals surface area contributed by atoms with Crippen molar-refractivity contribution in [3.8, 4) is 0 Å². The van der Waals surface area contributed by atoms with Crippen molar-refractivity contribution in [3.63, 3.8) is 0 Å². The van der Waals surface area contributed by atoms with Crippen LogP contribution in [0.25, 0.3) is 43.6 Å². The minimum atomic E-state index is -3.35. The third kappa shape index (κ3) is 16.6. The van der Waals surface area contributed by atoms with Crippen LogP contribution in [0, 0.1) is 5.41 Å². The van der Waals surface area contributed by atoms with Crippen LogP contribution in [0.4, 0.5) is 22.7 Å². The zero-order chi connectivity index (χ0) is 67.0. The number of sulfonamides is 4. The summed E-state index contributed by atoms with van der Waals surface area (Å²) < 4.78 is 103. The summed E-state index contributed by atoms with van der Waals surface area (Å²) >= 11 is 12.5. The summed E-state index contributed by atoms with van der Waals surface area (Å²) in [6.07, 6.45) is 22.4. The predicted molar refractivity (Wildman–Crippen MR) is 377 cm³/mol. The number of halogens is 2. The molecule has 5 aromatic heterocycles. The number of nitrogens with zero attached hydrogens (tertiary/aromatic N) is 8. The molecule has 4 saturated heterocycles. The topological polar surface area (TPSA) is 266 Å². The van der Waals surface area contributed by atoms with Crippen LogP contribution < -0.4 is 23.7 Å². The first kappa shape index (κ1) is 69.2. The van der Waals surface area contributed by atoms with Gasteiger partial charge in [-0.25, -0.2) is 47.0 Å². The fraction of sp³-hybridized carbons (Fsp3) is 0.446. The van der Waals surface area contributed by atoms with E-state index in [1.807, 2.05) is 85.6 Å². The van der Waals surface area contributed by atoms with E-state index in [0.717, 1.165) is 131 Å². The molecule has 1 unspecified atom stereocenters. The number of piperidine rings is 4. The summed E-state index contributed by atoms with van der Waals surface area (Å²) in [4.78, 5) is 30.9. The van der Waals surface area contributed by atoms with Crippen molar-refractivity contribution >= 4 is 136 Å². The lowest BCUT2D eigenvalue weighted by atomic mass is 9.79. The van der Waals surface area contributed by atoms with Crippen molar-refractivity contribution in [2.24, 2.45) is 5.41 Å². The van der Waals surface area contributed by atoms with Crippen molar-refractivity contribution in [2.75, 3.05) is 110 Å². The van der Waals surface area contributed by atoms with Crippen LogP contribution in [0.15, 0.2) is 116 Å². The van der Waals surface area contributed by atoms with Gasteiger partial charge in [-0.05, 0) is 152 Å². The summed E-state index contributed by atoms with van der Waals surface area (Å²) in [5.41, 5.74) is 9.88. The first-order valence-corrected chi connectivity index (χ1v) is 39.3. The van der Waals surface area contributed by atoms with Crippen LogP contribution in [-0.2, 0) is 44.9 Å². The van der Waals surface area contributed by atoms with Crippen molar-refractivity contribution in [3.05, 3.63) is 137 Å². The largest absolute Gasteiger partial charge is 0.371 e. The zero-order valence-electron chi connectivity index (χ0n) is 54.0. The van der Waals surface area contributed by atoms with Gasteiger partial charge in [0.15, 0.2) is 0 Å². The Bertz CT molecular complexity index is 4590. The third-order valence-corrected chi connectivity index (χ3v) is 23.6. The highest BCUT2D eigenvalue weighted by atomic mass is 35.5. The molecular weight excluding hydrogens is 1310 g/mol. The van der Waals surface area contributed by atoms with Crippen molar-refractivity contribution in [2.45, 2.75) is 89.6 Å². The maximum absolute atomic E-state index is 11.9. The van der Waals surface area contributed by atoms with E-state index in [1.165, 1.54) is 57.3 Å². The molecule has 4 aliphatic heterocycles. The standard InChI is InChI=1S/C17H23N3O3S.C16H17ClN4.C16H22ClN3O2S.C16H23N3O4S2/c1-12(21)19(2)14-10-16(15-4-7-18-17(15)11-14)13-5-8-20(9-6-13)24(3,22)23;17-12-10-15-14(2-6-18-15)16(11-12)20-8-3-13(4-9-20)21-7-1-5-19-21;1-16(2)10-20(7-5-15(16)19-23(3,21)22)14-9-11(17)8-13-12(14)4-6-18-13;1-18(24(2,20)21)13-10-15(14-4-7-17-16(14)11-13)12-5-8-19(9-6-12)25(3,22)23/h4,7,10-11,13,18H,5-6,8-9H2,1-3H3;1-2,5-7,10-11,13,18H,3-4,8-9H2;4,6,8-9,15,18-19H,5,7,10H2,1-3H3;4,7,10-12,17H,5-6,8-9H2,1-3H3. The van der Waals surface area contributed by atoms with Gasteiger partial charge in [-0.15, -0.1) is 0 Å². The lowest BCUT2D eigenvalue weighted by Gasteiger charge is -2.45. The van der Waals surface area contributed by atoms with E-state index >= 15 is 0 Å². The van der Waals surface area contributed by atoms with Gasteiger partial charge in [-0.1, -0.05) is 37.0 Å². The van der Waals surface area contributed by atoms with Gasteiger partial charge in [0.1, 0.15) is 0 Å². The second-order valence-electron chi connectivity index (χ2n) is 25.7. The van der Waals surface area contributed by atoms with Gasteiger partial charge in [0.2, 0.25) is 46.0 Å². The molecule has 1 atom stereocenters. The maximum Gasteiger partial charge on any atom is 0.231 e. The molecule has 93 heavy (non-hydrogen) atoms. The second-order valence-corrected chi connectivity index (χ2v) is 34.3. The Morgan fingerprint density at radius 2 is 1.00 bits per heavy atom. The predicted octanol–water partition coefficient (Wildman–Crippen LogP) is 10.8. The van der Waals surface area contributed by atoms with Crippen LogP contribution >= 0.6 is 23.2 Å². The van der Waals surface area contributed by atoms with Crippen molar-refractivity contribution < 1.29 is 38.5 Å². The summed E-state index contributed by atoms with van der Waals surface area (Å²) in [5, 5.41) is 10.4. The number of anilines is 4. The van der Waals surface area contributed by atoms with Crippen LogP contribution in [0.3, 0.4) is 0 Å². The molecule has 0 saturated carbocycles. The number of hydrogen-bond donors (Lipinski definition) is 5. The Kier molecular flexibility index (Phi) is 20.8. The third-order valence-electron chi connectivity index (χ3n) is 18.7. The average Bonchev–Trinajstić information content (AvgIpc) is 1.84. The van der Waals surface area contributed by atoms with Gasteiger partial charge < -0.3 is 34.6 Å². The van der Waals surface area contributed by atoms with Crippen LogP contribution in [-0.4, -0.2) is 175 Å². The normalized spacial score (nSPS) is 18.4. The number of benzene rings is 4. The molecule has 5 N–H and O–H groups in total. The molecule has 28 heteroatoms. The van der Waals surface area contributed by atoms with Crippen molar-refractivity contribution in [1.82, 2.24) is 43.0 Å². The molecule has 502 valence electrons. The van der Waals surface area contributed by atoms with E-state index in [2.05, 4.69) is 88.5 Å². The lowest BCUT2D eigenvalue weighted by Crippen LogP contribution is -2.55. The van der Waals surface area contributed by atoms with Gasteiger partial charge >= 0.3 is 0 Å². The van der Waals surface area contributed by atoms with Crippen LogP contribution in [0.2, 0.25) is 10.0 Å². The van der Waals surface area contributed by atoms with Gasteiger partial charge in [0.25, 0.3) is 0 Å². The fourth-order valence-corrected chi connectivity index (χ4v) is 17.1. The molecule has 22 nitrogen and oxygen atoms in total. The Balaban J connectivity index is 0.000000136. The molecule has 0 radical (unpaired) electrons. The average molecular weight is 1390 g/mol. The smallest absolute Gasteiger partial charge is 0.231 e. The molecular formula is C65H85Cl2N13O9S4. The molecule has 4 aromatic carbocycles. The number of nitrogens with one attached hydrogen (secondary N) is 5. The number of carbonyl (C=O) groups excluding carboxylic acids is 1. The highest BCUT2D eigenvalue weighted by Gasteiger charge is 2.38. The Morgan fingerprint density at radius 3 is 1.42 bits per heavy atom. The number of fused-ring (bicyclic) bond motifs is 4. The Hall–Kier alpha value is -6.62. The monoisotopic (exact) mass is 1390 g/mol. The maximum atomic E-state index is 11.9. The van der Waals surface area contributed by atoms with Gasteiger partial charge in [-0.3, -0.25) is 13.8 Å². The molecule has 13 rings (SSSR count). The summed E-state index contributed by atoms with van der Waals surface area (Å²) in [6.45, 7) is 11.4. The Labute approximate surface area is 556 Å². The van der Waals surface area contributed by atoms with E-state index in [9.17, 15) is 38.5 Å². The minimum absolute atomic E-state index is 0.0150. The molecule has 0 aliphatic carbocycles. The van der Waals surface area contributed by atoms with Gasteiger partial charge in [-0.2, -0.15) is 5.10 Å². The lowest BCUT2D eigenvalue weighted by molar-refractivity contribution is -0.116. The second kappa shape index (κ2) is 28.0. The minimum Gasteiger partial charge on any atom is -0.371 e. The molecule has 4 aliphatic rings. The van der Waals surface area contributed by atoms with Crippen LogP contribution in [0.5, 0.6) is 0 Å². The summed E-state index contributed by atoms with van der Waals surface area (Å²) in [5.74, 6) is 0.476. The number of hydrogen-bond acceptors (Lipinski definition) is 12. The van der Waals surface area contributed by atoms with E-state index in [0.29, 0.717) is 48.8 Å². The number of aromatic amines is 4. The SMILES string of the molecule is CC(=O)N(C)c1cc(C2CCN(S(C)(=O)=O)CC2)c2cc[nH]c2c1.CC1(C)CN(c2cc(Cl)cc3[nH]ccc23)CCC1NS(C)(=O)=O.CN(c1cc(C2CCN(S(C)(=O)=O)CC2)c2cc[nH]c2c1)S(C)(=O)=O.Clc1cc(N2CCC(n3cccn3)CC2)c2cc[nH]c2c1.